The summed E-state index contributed by atoms with van der Waals surface area (Å²) in [7, 11) is 0. The minimum atomic E-state index is -0.801. The Morgan fingerprint density at radius 2 is 1.46 bits per heavy atom. The van der Waals surface area contributed by atoms with Gasteiger partial charge in [0.25, 0.3) is 0 Å². The molecule has 5 heteroatoms. The number of carbonyl (C=O) groups excluding carboxylic acids is 1. The van der Waals surface area contributed by atoms with Gasteiger partial charge in [-0.25, -0.2) is 4.39 Å². The number of anilines is 2. The van der Waals surface area contributed by atoms with Gasteiger partial charge in [-0.05, 0) is 75.6 Å². The average molecular weight is 382 g/mol. The van der Waals surface area contributed by atoms with Gasteiger partial charge in [-0.1, -0.05) is 0 Å². The number of ketones is 1. The molecule has 0 atom stereocenters. The first-order valence-corrected chi connectivity index (χ1v) is 9.83. The van der Waals surface area contributed by atoms with Crippen molar-refractivity contribution in [1.29, 1.82) is 0 Å². The van der Waals surface area contributed by atoms with Crippen LogP contribution < -0.4 is 14.5 Å². The van der Waals surface area contributed by atoms with Gasteiger partial charge in [0.05, 0.1) is 5.56 Å². The average Bonchev–Trinajstić information content (AvgIpc) is 2.91. The molecule has 0 amide bonds. The minimum Gasteiger partial charge on any atom is -0.479 e. The molecule has 1 saturated heterocycles. The van der Waals surface area contributed by atoms with Crippen molar-refractivity contribution in [3.63, 3.8) is 0 Å². The number of nitrogens with zero attached hydrogens (tertiary/aromatic N) is 2. The van der Waals surface area contributed by atoms with Gasteiger partial charge >= 0.3 is 0 Å². The molecular weight excluding hydrogens is 355 g/mol. The molecular formula is C23H27FN2O2. The quantitative estimate of drug-likeness (QED) is 0.769. The number of benzene rings is 2. The number of piperazine rings is 1. The maximum absolute atomic E-state index is 13.2. The van der Waals surface area contributed by atoms with Crippen molar-refractivity contribution < 1.29 is 13.9 Å². The van der Waals surface area contributed by atoms with Crippen molar-refractivity contribution >= 4 is 17.2 Å². The molecule has 0 unspecified atom stereocenters. The van der Waals surface area contributed by atoms with E-state index in [1.165, 1.54) is 17.7 Å². The molecule has 0 N–H and O–H groups in total. The monoisotopic (exact) mass is 382 g/mol. The number of Topliss-reactive ketones (excluding diaryl/α,β-unsaturated/α-hetero) is 1. The fourth-order valence-corrected chi connectivity index (χ4v) is 4.42. The molecule has 2 aliphatic rings. The van der Waals surface area contributed by atoms with Gasteiger partial charge < -0.3 is 14.5 Å². The van der Waals surface area contributed by atoms with E-state index in [2.05, 4.69) is 16.7 Å². The first-order chi connectivity index (χ1) is 13.2. The van der Waals surface area contributed by atoms with Crippen LogP contribution >= 0.6 is 0 Å². The van der Waals surface area contributed by atoms with Gasteiger partial charge in [-0.2, -0.15) is 0 Å². The summed E-state index contributed by atoms with van der Waals surface area (Å²) in [5.41, 5.74) is 5.39. The Kier molecular flexibility index (Phi) is 4.36. The maximum atomic E-state index is 13.2. The van der Waals surface area contributed by atoms with Gasteiger partial charge in [-0.3, -0.25) is 4.79 Å². The second kappa shape index (κ2) is 6.50. The van der Waals surface area contributed by atoms with Gasteiger partial charge in [0.2, 0.25) is 5.78 Å². The largest absolute Gasteiger partial charge is 0.479 e. The number of fused-ring (bicyclic) bond motifs is 1. The number of rotatable bonds is 2. The van der Waals surface area contributed by atoms with Crippen LogP contribution in [0.2, 0.25) is 0 Å². The lowest BCUT2D eigenvalue weighted by atomic mass is 9.91. The van der Waals surface area contributed by atoms with E-state index >= 15 is 0 Å². The number of ether oxygens (including phenoxy) is 1. The molecule has 1 fully saturated rings. The third-order valence-corrected chi connectivity index (χ3v) is 6.13. The highest BCUT2D eigenvalue weighted by Gasteiger charge is 2.43. The van der Waals surface area contributed by atoms with Crippen LogP contribution in [-0.4, -0.2) is 37.6 Å². The van der Waals surface area contributed by atoms with E-state index in [0.29, 0.717) is 0 Å². The Labute approximate surface area is 165 Å². The van der Waals surface area contributed by atoms with E-state index in [0.717, 1.165) is 60.0 Å². The Morgan fingerprint density at radius 1 is 0.893 bits per heavy atom. The summed E-state index contributed by atoms with van der Waals surface area (Å²) in [4.78, 5) is 17.6. The van der Waals surface area contributed by atoms with Crippen LogP contribution in [0.4, 0.5) is 15.8 Å². The van der Waals surface area contributed by atoms with Gasteiger partial charge in [0.1, 0.15) is 11.6 Å². The first kappa shape index (κ1) is 18.8. The summed E-state index contributed by atoms with van der Waals surface area (Å²) in [6.45, 7) is 13.3. The Balaban J connectivity index is 1.63. The first-order valence-electron chi connectivity index (χ1n) is 9.83. The van der Waals surface area contributed by atoms with Crippen LogP contribution in [0.5, 0.6) is 5.75 Å². The van der Waals surface area contributed by atoms with Crippen molar-refractivity contribution in [3.8, 4) is 5.75 Å². The fourth-order valence-electron chi connectivity index (χ4n) is 4.42. The van der Waals surface area contributed by atoms with Crippen LogP contribution in [0, 0.1) is 26.6 Å². The topological polar surface area (TPSA) is 32.8 Å². The highest BCUT2D eigenvalue weighted by atomic mass is 19.1. The predicted molar refractivity (Wildman–Crippen MR) is 111 cm³/mol. The smallest absolute Gasteiger partial charge is 0.209 e. The molecule has 0 spiro atoms. The lowest BCUT2D eigenvalue weighted by Crippen LogP contribution is -2.47. The highest BCUT2D eigenvalue weighted by Crippen LogP contribution is 2.45. The molecule has 2 heterocycles. The van der Waals surface area contributed by atoms with E-state index in [-0.39, 0.29) is 11.6 Å². The van der Waals surface area contributed by atoms with E-state index < -0.39 is 5.60 Å². The second-order valence-electron chi connectivity index (χ2n) is 8.32. The van der Waals surface area contributed by atoms with Crippen LogP contribution in [0.25, 0.3) is 0 Å². The summed E-state index contributed by atoms with van der Waals surface area (Å²) >= 11 is 0. The molecule has 148 valence electrons. The lowest BCUT2D eigenvalue weighted by Gasteiger charge is -2.39. The number of hydrogen-bond acceptors (Lipinski definition) is 4. The summed E-state index contributed by atoms with van der Waals surface area (Å²) in [5, 5.41) is 0. The van der Waals surface area contributed by atoms with E-state index in [1.807, 2.05) is 39.8 Å². The molecule has 4 rings (SSSR count). The lowest BCUT2D eigenvalue weighted by molar-refractivity contribution is 0.0683. The molecule has 0 aromatic heterocycles. The summed E-state index contributed by atoms with van der Waals surface area (Å²) in [5.74, 6) is 0.602. The highest BCUT2D eigenvalue weighted by molar-refractivity contribution is 6.09. The van der Waals surface area contributed by atoms with Crippen molar-refractivity contribution in [2.45, 2.75) is 40.2 Å². The molecule has 2 aromatic rings. The van der Waals surface area contributed by atoms with Crippen molar-refractivity contribution in [1.82, 2.24) is 0 Å². The summed E-state index contributed by atoms with van der Waals surface area (Å²) < 4.78 is 19.2. The molecule has 0 bridgehead atoms. The molecule has 0 saturated carbocycles. The summed E-state index contributed by atoms with van der Waals surface area (Å²) in [6, 6.07) is 6.68. The van der Waals surface area contributed by atoms with Crippen LogP contribution in [0.3, 0.4) is 0 Å². The van der Waals surface area contributed by atoms with E-state index in [9.17, 15) is 9.18 Å². The molecule has 28 heavy (non-hydrogen) atoms. The van der Waals surface area contributed by atoms with Crippen molar-refractivity contribution in [2.75, 3.05) is 36.0 Å². The third-order valence-electron chi connectivity index (χ3n) is 6.13. The van der Waals surface area contributed by atoms with Crippen LogP contribution in [-0.2, 0) is 0 Å². The zero-order valence-corrected chi connectivity index (χ0v) is 17.2. The molecule has 0 aliphatic carbocycles. The van der Waals surface area contributed by atoms with Crippen molar-refractivity contribution in [2.24, 2.45) is 0 Å². The van der Waals surface area contributed by atoms with Crippen LogP contribution in [0.15, 0.2) is 24.3 Å². The fraction of sp³-hybridized carbons (Fsp3) is 0.435. The zero-order chi connectivity index (χ0) is 20.2. The van der Waals surface area contributed by atoms with Gasteiger partial charge in [-0.15, -0.1) is 0 Å². The molecule has 2 aromatic carbocycles. The van der Waals surface area contributed by atoms with Crippen LogP contribution in [0.1, 0.15) is 40.9 Å². The van der Waals surface area contributed by atoms with E-state index in [1.54, 1.807) is 0 Å². The standard InChI is InChI=1S/C23H27FN2O2/c1-14-15(2)21-19(22(27)23(4,5)28-21)16(3)20(14)26-12-10-25(11-13-26)18-8-6-17(24)7-9-18/h6-9H,10-13H2,1-5H3. The second-order valence-corrected chi connectivity index (χ2v) is 8.32. The summed E-state index contributed by atoms with van der Waals surface area (Å²) in [6.07, 6.45) is 0. The Bertz CT molecular complexity index is 942. The predicted octanol–water partition coefficient (Wildman–Crippen LogP) is 4.43. The van der Waals surface area contributed by atoms with Crippen molar-refractivity contribution in [3.05, 3.63) is 52.3 Å². The Morgan fingerprint density at radius 3 is 2.07 bits per heavy atom. The normalized spacial score (nSPS) is 18.3. The number of hydrogen-bond donors (Lipinski definition) is 0. The molecule has 4 nitrogen and oxygen atoms in total. The number of carbonyl (C=O) groups is 1. The Hall–Kier alpha value is -2.56. The van der Waals surface area contributed by atoms with Gasteiger partial charge in [0.15, 0.2) is 5.60 Å². The SMILES string of the molecule is Cc1c(C)c(N2CCN(c3ccc(F)cc3)CC2)c(C)c2c1OC(C)(C)C2=O. The minimum absolute atomic E-state index is 0.0642. The maximum Gasteiger partial charge on any atom is 0.209 e. The third kappa shape index (κ3) is 2.84. The molecule has 0 radical (unpaired) electrons. The molecule has 2 aliphatic heterocycles. The van der Waals surface area contributed by atoms with Gasteiger partial charge in [0, 0.05) is 37.6 Å². The number of halogens is 1. The van der Waals surface area contributed by atoms with E-state index in [4.69, 9.17) is 4.74 Å². The zero-order valence-electron chi connectivity index (χ0n) is 17.2.